The molecular formula is C18H18N2. The van der Waals surface area contributed by atoms with Gasteiger partial charge in [-0.05, 0) is 25.0 Å². The molecule has 0 atom stereocenters. The third kappa shape index (κ3) is 2.64. The van der Waals surface area contributed by atoms with E-state index in [2.05, 4.69) is 78.9 Å². The summed E-state index contributed by atoms with van der Waals surface area (Å²) in [6.45, 7) is 4.92. The summed E-state index contributed by atoms with van der Waals surface area (Å²) in [6, 6.07) is 17.0. The van der Waals surface area contributed by atoms with Gasteiger partial charge in [-0.15, -0.1) is 0 Å². The zero-order valence-electron chi connectivity index (χ0n) is 11.9. The smallest absolute Gasteiger partial charge is 0.132 e. The monoisotopic (exact) mass is 262 g/mol. The molecule has 1 heterocycles. The number of nitrogens with one attached hydrogen (secondary N) is 1. The number of hydrogen-bond acceptors (Lipinski definition) is 2. The fourth-order valence-corrected chi connectivity index (χ4v) is 2.24. The lowest BCUT2D eigenvalue weighted by Crippen LogP contribution is -2.23. The van der Waals surface area contributed by atoms with Gasteiger partial charge in [0.25, 0.3) is 0 Å². The van der Waals surface area contributed by atoms with Gasteiger partial charge in [0.15, 0.2) is 0 Å². The zero-order chi connectivity index (χ0) is 13.9. The third-order valence-electron chi connectivity index (χ3n) is 3.54. The van der Waals surface area contributed by atoms with Crippen molar-refractivity contribution in [2.45, 2.75) is 13.8 Å². The molecule has 2 heteroatoms. The van der Waals surface area contributed by atoms with Crippen LogP contribution in [-0.2, 0) is 0 Å². The SMILES string of the molecule is Cc1ccc(C2=CNC(c3ccc(C)cc3)=NC2)cc1. The number of rotatable bonds is 2. The van der Waals surface area contributed by atoms with Gasteiger partial charge in [-0.3, -0.25) is 4.99 Å². The fraction of sp³-hybridized carbons (Fsp3) is 0.167. The average molecular weight is 262 g/mol. The lowest BCUT2D eigenvalue weighted by molar-refractivity contribution is 1.11. The maximum absolute atomic E-state index is 4.65. The Hall–Kier alpha value is -2.35. The Bertz CT molecular complexity index is 600. The van der Waals surface area contributed by atoms with Crippen LogP contribution in [0.3, 0.4) is 0 Å². The molecule has 1 N–H and O–H groups in total. The predicted octanol–water partition coefficient (Wildman–Crippen LogP) is 3.69. The second-order valence-electron chi connectivity index (χ2n) is 5.21. The van der Waals surface area contributed by atoms with E-state index in [1.165, 1.54) is 22.3 Å². The summed E-state index contributed by atoms with van der Waals surface area (Å²) in [5.41, 5.74) is 6.13. The second kappa shape index (κ2) is 5.33. The first-order valence-electron chi connectivity index (χ1n) is 6.86. The minimum Gasteiger partial charge on any atom is -0.346 e. The van der Waals surface area contributed by atoms with Crippen LogP contribution in [0.15, 0.2) is 59.7 Å². The number of amidine groups is 1. The molecule has 2 nitrogen and oxygen atoms in total. The average Bonchev–Trinajstić information content (AvgIpc) is 2.49. The van der Waals surface area contributed by atoms with Crippen molar-refractivity contribution in [1.82, 2.24) is 5.32 Å². The molecule has 0 aromatic heterocycles. The van der Waals surface area contributed by atoms with Crippen LogP contribution in [0, 0.1) is 13.8 Å². The Kier molecular flexibility index (Phi) is 3.38. The molecule has 1 aliphatic heterocycles. The molecule has 3 rings (SSSR count). The van der Waals surface area contributed by atoms with Crippen LogP contribution in [0.2, 0.25) is 0 Å². The summed E-state index contributed by atoms with van der Waals surface area (Å²) in [6.07, 6.45) is 2.06. The van der Waals surface area contributed by atoms with E-state index < -0.39 is 0 Å². The molecule has 0 unspecified atom stereocenters. The van der Waals surface area contributed by atoms with E-state index in [1.54, 1.807) is 0 Å². The van der Waals surface area contributed by atoms with Gasteiger partial charge in [0.05, 0.1) is 6.54 Å². The number of aliphatic imine (C=N–C) groups is 1. The van der Waals surface area contributed by atoms with Crippen molar-refractivity contribution in [2.24, 2.45) is 4.99 Å². The van der Waals surface area contributed by atoms with Crippen molar-refractivity contribution < 1.29 is 0 Å². The second-order valence-corrected chi connectivity index (χ2v) is 5.21. The molecule has 2 aromatic carbocycles. The molecule has 0 fully saturated rings. The number of hydrogen-bond donors (Lipinski definition) is 1. The van der Waals surface area contributed by atoms with Gasteiger partial charge in [0.2, 0.25) is 0 Å². The van der Waals surface area contributed by atoms with Crippen molar-refractivity contribution in [3.63, 3.8) is 0 Å². The van der Waals surface area contributed by atoms with E-state index in [4.69, 9.17) is 0 Å². The topological polar surface area (TPSA) is 24.4 Å². The van der Waals surface area contributed by atoms with Crippen LogP contribution < -0.4 is 5.32 Å². The lowest BCUT2D eigenvalue weighted by Gasteiger charge is -2.15. The van der Waals surface area contributed by atoms with Crippen LogP contribution in [0.25, 0.3) is 5.57 Å². The summed E-state index contributed by atoms with van der Waals surface area (Å²) in [5, 5.41) is 3.31. The van der Waals surface area contributed by atoms with Gasteiger partial charge in [-0.25, -0.2) is 0 Å². The minimum atomic E-state index is 0.721. The van der Waals surface area contributed by atoms with Gasteiger partial charge >= 0.3 is 0 Å². The molecule has 0 amide bonds. The van der Waals surface area contributed by atoms with Crippen molar-refractivity contribution in [3.05, 3.63) is 77.0 Å². The quantitative estimate of drug-likeness (QED) is 0.877. The van der Waals surface area contributed by atoms with E-state index in [0.717, 1.165) is 17.9 Å². The first kappa shape index (κ1) is 12.7. The Morgan fingerprint density at radius 3 is 1.85 bits per heavy atom. The fourth-order valence-electron chi connectivity index (χ4n) is 2.24. The lowest BCUT2D eigenvalue weighted by atomic mass is 10.0. The highest BCUT2D eigenvalue weighted by Crippen LogP contribution is 2.18. The van der Waals surface area contributed by atoms with E-state index in [0.29, 0.717) is 0 Å². The Labute approximate surface area is 119 Å². The highest BCUT2D eigenvalue weighted by Gasteiger charge is 2.09. The maximum Gasteiger partial charge on any atom is 0.132 e. The van der Waals surface area contributed by atoms with Crippen LogP contribution >= 0.6 is 0 Å². The van der Waals surface area contributed by atoms with Gasteiger partial charge in [0.1, 0.15) is 5.84 Å². The Morgan fingerprint density at radius 1 is 0.800 bits per heavy atom. The van der Waals surface area contributed by atoms with Crippen molar-refractivity contribution in [1.29, 1.82) is 0 Å². The van der Waals surface area contributed by atoms with Crippen LogP contribution in [0.5, 0.6) is 0 Å². The zero-order valence-corrected chi connectivity index (χ0v) is 11.9. The number of nitrogens with zero attached hydrogens (tertiary/aromatic N) is 1. The van der Waals surface area contributed by atoms with Crippen molar-refractivity contribution in [3.8, 4) is 0 Å². The van der Waals surface area contributed by atoms with E-state index >= 15 is 0 Å². The molecule has 20 heavy (non-hydrogen) atoms. The van der Waals surface area contributed by atoms with Gasteiger partial charge in [0, 0.05) is 11.8 Å². The standard InChI is InChI=1S/C18H18N2/c1-13-3-7-15(8-4-13)17-11-19-18(20-12-17)16-9-5-14(2)6-10-16/h3-11H,12H2,1-2H3,(H,19,20). The molecule has 0 aliphatic carbocycles. The highest BCUT2D eigenvalue weighted by molar-refractivity contribution is 6.01. The van der Waals surface area contributed by atoms with Crippen LogP contribution in [0.4, 0.5) is 0 Å². The summed E-state index contributed by atoms with van der Waals surface area (Å²) < 4.78 is 0. The molecule has 2 aromatic rings. The van der Waals surface area contributed by atoms with E-state index in [-0.39, 0.29) is 0 Å². The molecule has 0 saturated heterocycles. The molecule has 0 radical (unpaired) electrons. The van der Waals surface area contributed by atoms with Crippen molar-refractivity contribution >= 4 is 11.4 Å². The summed E-state index contributed by atoms with van der Waals surface area (Å²) in [4.78, 5) is 4.65. The molecular weight excluding hydrogens is 244 g/mol. The van der Waals surface area contributed by atoms with E-state index in [9.17, 15) is 0 Å². The molecule has 0 saturated carbocycles. The van der Waals surface area contributed by atoms with Gasteiger partial charge in [-0.1, -0.05) is 59.7 Å². The van der Waals surface area contributed by atoms with Gasteiger partial charge in [-0.2, -0.15) is 0 Å². The van der Waals surface area contributed by atoms with Crippen LogP contribution in [0.1, 0.15) is 22.3 Å². The largest absolute Gasteiger partial charge is 0.346 e. The molecule has 0 spiro atoms. The summed E-state index contributed by atoms with van der Waals surface area (Å²) in [5.74, 6) is 0.945. The van der Waals surface area contributed by atoms with Crippen molar-refractivity contribution in [2.75, 3.05) is 6.54 Å². The highest BCUT2D eigenvalue weighted by atomic mass is 15.0. The number of aryl methyl sites for hydroxylation is 2. The molecule has 0 bridgehead atoms. The molecule has 1 aliphatic rings. The first-order valence-corrected chi connectivity index (χ1v) is 6.86. The number of benzene rings is 2. The third-order valence-corrected chi connectivity index (χ3v) is 3.54. The van der Waals surface area contributed by atoms with Gasteiger partial charge < -0.3 is 5.32 Å². The maximum atomic E-state index is 4.65. The normalized spacial score (nSPS) is 14.3. The minimum absolute atomic E-state index is 0.721. The summed E-state index contributed by atoms with van der Waals surface area (Å²) in [7, 11) is 0. The Balaban J connectivity index is 1.77. The molecule has 100 valence electrons. The summed E-state index contributed by atoms with van der Waals surface area (Å²) >= 11 is 0. The predicted molar refractivity (Wildman–Crippen MR) is 84.9 cm³/mol. The van der Waals surface area contributed by atoms with Crippen LogP contribution in [-0.4, -0.2) is 12.4 Å². The Morgan fingerprint density at radius 2 is 1.35 bits per heavy atom. The first-order chi connectivity index (χ1) is 9.72. The van der Waals surface area contributed by atoms with E-state index in [1.807, 2.05) is 0 Å².